The van der Waals surface area contributed by atoms with Gasteiger partial charge in [0.05, 0.1) is 21.4 Å². The number of fused-ring (bicyclic) bond motifs is 1. The molecule has 1 fully saturated rings. The summed E-state index contributed by atoms with van der Waals surface area (Å²) in [5.74, 6) is 1.03. The van der Waals surface area contributed by atoms with Gasteiger partial charge in [0.25, 0.3) is 0 Å². The van der Waals surface area contributed by atoms with E-state index in [2.05, 4.69) is 51.0 Å². The maximum atomic E-state index is 12.9. The topological polar surface area (TPSA) is 81.3 Å². The second kappa shape index (κ2) is 10.5. The smallest absolute Gasteiger partial charge is 0.223 e. The average molecular weight is 510 g/mol. The van der Waals surface area contributed by atoms with Crippen LogP contribution in [0, 0.1) is 6.92 Å². The molecule has 0 aliphatic carbocycles. The van der Waals surface area contributed by atoms with Gasteiger partial charge in [0.15, 0.2) is 0 Å². The van der Waals surface area contributed by atoms with Crippen molar-refractivity contribution >= 4 is 38.8 Å². The number of amides is 1. The number of hydrogen-bond acceptors (Lipinski definition) is 8. The number of benzene rings is 1. The van der Waals surface area contributed by atoms with Crippen molar-refractivity contribution in [2.45, 2.75) is 19.8 Å². The predicted octanol–water partition coefficient (Wildman–Crippen LogP) is 3.76. The van der Waals surface area contributed by atoms with Crippen LogP contribution >= 0.6 is 22.7 Å². The summed E-state index contributed by atoms with van der Waals surface area (Å²) in [5.41, 5.74) is 6.68. The van der Waals surface area contributed by atoms with E-state index in [1.54, 1.807) is 22.7 Å². The normalized spacial score (nSPS) is 14.9. The van der Waals surface area contributed by atoms with Crippen molar-refractivity contribution in [3.05, 3.63) is 40.6 Å². The number of rotatable bonds is 8. The first kappa shape index (κ1) is 24.1. The van der Waals surface area contributed by atoms with Crippen molar-refractivity contribution < 1.29 is 4.79 Å². The number of H-pyrrole nitrogens is 1. The lowest BCUT2D eigenvalue weighted by Crippen LogP contribution is -2.50. The summed E-state index contributed by atoms with van der Waals surface area (Å²) in [6.07, 6.45) is 1.04. The van der Waals surface area contributed by atoms with Crippen LogP contribution in [0.2, 0.25) is 0 Å². The van der Waals surface area contributed by atoms with E-state index >= 15 is 0 Å². The highest BCUT2D eigenvalue weighted by Gasteiger charge is 2.22. The zero-order valence-electron chi connectivity index (χ0n) is 20.5. The third-order valence-electron chi connectivity index (χ3n) is 6.35. The van der Waals surface area contributed by atoms with E-state index < -0.39 is 0 Å². The van der Waals surface area contributed by atoms with E-state index in [4.69, 9.17) is 4.98 Å². The van der Waals surface area contributed by atoms with Crippen molar-refractivity contribution in [3.63, 3.8) is 0 Å². The Morgan fingerprint density at radius 3 is 2.71 bits per heavy atom. The van der Waals surface area contributed by atoms with Gasteiger partial charge in [-0.15, -0.1) is 22.7 Å². The first-order valence-corrected chi connectivity index (χ1v) is 13.7. The van der Waals surface area contributed by atoms with Gasteiger partial charge < -0.3 is 14.8 Å². The molecule has 1 aliphatic heterocycles. The molecule has 0 spiro atoms. The first-order valence-electron chi connectivity index (χ1n) is 12.0. The molecular weight excluding hydrogens is 478 g/mol. The molecule has 1 aliphatic rings. The third kappa shape index (κ3) is 5.61. The fraction of sp³-hybridized carbons (Fsp3) is 0.440. The van der Waals surface area contributed by atoms with Crippen LogP contribution in [0.1, 0.15) is 17.9 Å². The monoisotopic (exact) mass is 509 g/mol. The lowest BCUT2D eigenvalue weighted by atomic mass is 10.1. The second-order valence-corrected chi connectivity index (χ2v) is 11.0. The number of aromatic nitrogens is 4. The minimum Gasteiger partial charge on any atom is -0.340 e. The Balaban J connectivity index is 1.28. The molecule has 5 rings (SSSR count). The number of hydrogen-bond donors (Lipinski definition) is 1. The molecule has 8 nitrogen and oxygen atoms in total. The van der Waals surface area contributed by atoms with E-state index in [1.807, 2.05) is 28.8 Å². The largest absolute Gasteiger partial charge is 0.340 e. The quantitative estimate of drug-likeness (QED) is 0.390. The summed E-state index contributed by atoms with van der Waals surface area (Å²) in [7, 11) is 4.19. The second-order valence-electron chi connectivity index (χ2n) is 9.26. The Kier molecular flexibility index (Phi) is 7.24. The van der Waals surface area contributed by atoms with Gasteiger partial charge in [-0.3, -0.25) is 9.69 Å². The lowest BCUT2D eigenvalue weighted by molar-refractivity contribution is -0.132. The summed E-state index contributed by atoms with van der Waals surface area (Å²) in [5, 5.41) is 2.97. The van der Waals surface area contributed by atoms with Crippen molar-refractivity contribution in [2.24, 2.45) is 0 Å². The van der Waals surface area contributed by atoms with Crippen molar-refractivity contribution in [1.82, 2.24) is 34.6 Å². The molecule has 0 bridgehead atoms. The highest BCUT2D eigenvalue weighted by atomic mass is 32.1. The number of piperazine rings is 1. The van der Waals surface area contributed by atoms with E-state index in [0.29, 0.717) is 12.8 Å². The highest BCUT2D eigenvalue weighted by molar-refractivity contribution is 7.16. The van der Waals surface area contributed by atoms with Crippen LogP contribution in [0.3, 0.4) is 0 Å². The Labute approximate surface area is 213 Å². The zero-order valence-corrected chi connectivity index (χ0v) is 22.1. The van der Waals surface area contributed by atoms with Crippen molar-refractivity contribution in [1.29, 1.82) is 0 Å². The van der Waals surface area contributed by atoms with Crippen LogP contribution in [0.25, 0.3) is 32.2 Å². The number of aryl methyl sites for hydroxylation is 2. The molecule has 184 valence electrons. The molecule has 35 heavy (non-hydrogen) atoms. The molecule has 1 aromatic carbocycles. The number of likely N-dealkylation sites (N-methyl/N-ethyl adjacent to an activating group) is 1. The number of nitrogens with one attached hydrogen (secondary N) is 1. The van der Waals surface area contributed by atoms with E-state index in [9.17, 15) is 4.79 Å². The molecule has 3 aromatic heterocycles. The van der Waals surface area contributed by atoms with E-state index in [1.165, 1.54) is 0 Å². The van der Waals surface area contributed by atoms with Crippen molar-refractivity contribution in [3.8, 4) is 22.0 Å². The SMILES string of the molecule is Cc1csc(-c2[nH]c(CCC(=O)N3CCN(CCN(C)C)CC3)nc2-c2ccc3ncsc3c2)n1. The molecular formula is C25H31N7OS2. The van der Waals surface area contributed by atoms with Crippen LogP contribution in [0.15, 0.2) is 29.1 Å². The molecule has 0 atom stereocenters. The number of thiazole rings is 2. The Hall–Kier alpha value is -2.66. The number of aromatic amines is 1. The molecule has 0 saturated carbocycles. The predicted molar refractivity (Wildman–Crippen MR) is 143 cm³/mol. The Bertz CT molecular complexity index is 1300. The van der Waals surface area contributed by atoms with Gasteiger partial charge in [0.2, 0.25) is 5.91 Å². The third-order valence-corrected chi connectivity index (χ3v) is 8.12. The molecule has 1 N–H and O–H groups in total. The van der Waals surface area contributed by atoms with Crippen LogP contribution in [0.5, 0.6) is 0 Å². The van der Waals surface area contributed by atoms with E-state index in [0.717, 1.165) is 83.0 Å². The summed E-state index contributed by atoms with van der Waals surface area (Å²) in [4.78, 5) is 37.1. The van der Waals surface area contributed by atoms with E-state index in [-0.39, 0.29) is 5.91 Å². The first-order chi connectivity index (χ1) is 17.0. The molecule has 4 aromatic rings. The number of imidazole rings is 1. The van der Waals surface area contributed by atoms with Gasteiger partial charge in [-0.05, 0) is 33.2 Å². The summed E-state index contributed by atoms with van der Waals surface area (Å²) >= 11 is 3.23. The Morgan fingerprint density at radius 2 is 1.97 bits per heavy atom. The maximum Gasteiger partial charge on any atom is 0.223 e. The fourth-order valence-corrected chi connectivity index (χ4v) is 5.83. The van der Waals surface area contributed by atoms with Gasteiger partial charge in [0.1, 0.15) is 16.5 Å². The zero-order chi connectivity index (χ0) is 24.4. The van der Waals surface area contributed by atoms with Crippen LogP contribution in [0.4, 0.5) is 0 Å². The highest BCUT2D eigenvalue weighted by Crippen LogP contribution is 2.34. The summed E-state index contributed by atoms with van der Waals surface area (Å²) < 4.78 is 1.13. The summed E-state index contributed by atoms with van der Waals surface area (Å²) in [6, 6.07) is 6.23. The van der Waals surface area contributed by atoms with Gasteiger partial charge in [-0.2, -0.15) is 0 Å². The number of carbonyl (C=O) groups excluding carboxylic acids is 1. The molecule has 4 heterocycles. The van der Waals surface area contributed by atoms with Crippen molar-refractivity contribution in [2.75, 3.05) is 53.4 Å². The fourth-order valence-electron chi connectivity index (χ4n) is 4.32. The molecule has 1 amide bonds. The lowest BCUT2D eigenvalue weighted by Gasteiger charge is -2.35. The summed E-state index contributed by atoms with van der Waals surface area (Å²) in [6.45, 7) is 7.58. The minimum atomic E-state index is 0.202. The molecule has 10 heteroatoms. The van der Waals surface area contributed by atoms with Crippen LogP contribution in [-0.4, -0.2) is 93.9 Å². The molecule has 1 saturated heterocycles. The Morgan fingerprint density at radius 1 is 1.14 bits per heavy atom. The standard InChI is InChI=1S/C25H31N7OS2/c1-17-15-34-25(27-17)24-23(18-4-5-19-20(14-18)35-16-26-19)28-21(29-24)6-7-22(33)32-12-10-31(11-13-32)9-8-30(2)3/h4-5,14-16H,6-13H2,1-3H3,(H,28,29). The average Bonchev–Trinajstić information content (AvgIpc) is 3.60. The van der Waals surface area contributed by atoms with Gasteiger partial charge in [-0.1, -0.05) is 6.07 Å². The van der Waals surface area contributed by atoms with Crippen LogP contribution in [-0.2, 0) is 11.2 Å². The number of nitrogens with zero attached hydrogens (tertiary/aromatic N) is 6. The molecule has 0 radical (unpaired) electrons. The minimum absolute atomic E-state index is 0.202. The van der Waals surface area contributed by atoms with Gasteiger partial charge in [-0.25, -0.2) is 15.0 Å². The van der Waals surface area contributed by atoms with Gasteiger partial charge in [0, 0.05) is 68.7 Å². The number of carbonyl (C=O) groups is 1. The molecule has 0 unspecified atom stereocenters. The van der Waals surface area contributed by atoms with Gasteiger partial charge >= 0.3 is 0 Å². The maximum absolute atomic E-state index is 12.9. The van der Waals surface area contributed by atoms with Crippen LogP contribution < -0.4 is 0 Å².